The molecule has 29 heavy (non-hydrogen) atoms. The molecule has 1 aromatic heterocycles. The third-order valence-electron chi connectivity index (χ3n) is 5.21. The van der Waals surface area contributed by atoms with Crippen molar-refractivity contribution in [3.8, 4) is 0 Å². The van der Waals surface area contributed by atoms with E-state index in [9.17, 15) is 0 Å². The summed E-state index contributed by atoms with van der Waals surface area (Å²) < 4.78 is 2.07. The van der Waals surface area contributed by atoms with Gasteiger partial charge in [-0.2, -0.15) is 0 Å². The summed E-state index contributed by atoms with van der Waals surface area (Å²) in [4.78, 5) is 7.25. The minimum absolute atomic E-state index is 0.454. The van der Waals surface area contributed by atoms with Crippen LogP contribution < -0.4 is 10.6 Å². The monoisotopic (exact) mass is 417 g/mol. The molecule has 7 nitrogen and oxygen atoms in total. The Hall–Kier alpha value is -2.12. The van der Waals surface area contributed by atoms with Crippen molar-refractivity contribution in [3.63, 3.8) is 0 Å². The van der Waals surface area contributed by atoms with Crippen molar-refractivity contribution < 1.29 is 0 Å². The Morgan fingerprint density at radius 2 is 1.97 bits per heavy atom. The molecule has 158 valence electrons. The van der Waals surface area contributed by atoms with Gasteiger partial charge in [-0.3, -0.25) is 9.89 Å². The molecule has 0 radical (unpaired) electrons. The Labute approximate surface area is 178 Å². The topological polar surface area (TPSA) is 70.4 Å². The van der Waals surface area contributed by atoms with Gasteiger partial charge in [0.2, 0.25) is 0 Å². The van der Waals surface area contributed by atoms with E-state index < -0.39 is 0 Å². The van der Waals surface area contributed by atoms with E-state index in [1.165, 1.54) is 5.56 Å². The van der Waals surface area contributed by atoms with Crippen LogP contribution in [0.2, 0.25) is 5.02 Å². The van der Waals surface area contributed by atoms with E-state index in [-0.39, 0.29) is 0 Å². The van der Waals surface area contributed by atoms with Crippen LogP contribution in [0.1, 0.15) is 38.1 Å². The van der Waals surface area contributed by atoms with Crippen LogP contribution in [-0.2, 0) is 19.5 Å². The number of nitrogens with one attached hydrogen (secondary N) is 2. The Balaban J connectivity index is 1.45. The summed E-state index contributed by atoms with van der Waals surface area (Å²) >= 11 is 5.98. The first-order valence-electron chi connectivity index (χ1n) is 10.6. The number of aliphatic imine (C=N–C) groups is 1. The van der Waals surface area contributed by atoms with Gasteiger partial charge in [0.05, 0.1) is 6.54 Å². The zero-order valence-corrected chi connectivity index (χ0v) is 18.2. The van der Waals surface area contributed by atoms with Gasteiger partial charge in [-0.15, -0.1) is 10.2 Å². The van der Waals surface area contributed by atoms with Crippen molar-refractivity contribution >= 4 is 17.6 Å². The predicted molar refractivity (Wildman–Crippen MR) is 118 cm³/mol. The fourth-order valence-corrected chi connectivity index (χ4v) is 3.73. The number of aryl methyl sites for hydroxylation is 1. The van der Waals surface area contributed by atoms with Crippen molar-refractivity contribution in [2.45, 2.75) is 52.2 Å². The molecule has 1 fully saturated rings. The van der Waals surface area contributed by atoms with Crippen molar-refractivity contribution in [2.75, 3.05) is 26.2 Å². The number of likely N-dealkylation sites (tertiary alicyclic amines) is 1. The molecular formula is C21H32ClN7. The van der Waals surface area contributed by atoms with Gasteiger partial charge in [-0.1, -0.05) is 30.7 Å². The maximum atomic E-state index is 5.98. The van der Waals surface area contributed by atoms with E-state index in [4.69, 9.17) is 16.6 Å². The van der Waals surface area contributed by atoms with E-state index in [1.54, 1.807) is 6.33 Å². The molecule has 1 aliphatic rings. The van der Waals surface area contributed by atoms with Gasteiger partial charge in [0, 0.05) is 50.2 Å². The Morgan fingerprint density at radius 3 is 2.66 bits per heavy atom. The highest BCUT2D eigenvalue weighted by molar-refractivity contribution is 6.30. The molecule has 0 saturated carbocycles. The first-order valence-corrected chi connectivity index (χ1v) is 10.9. The van der Waals surface area contributed by atoms with Crippen molar-refractivity contribution in [1.82, 2.24) is 30.3 Å². The predicted octanol–water partition coefficient (Wildman–Crippen LogP) is 2.71. The molecule has 1 saturated heterocycles. The van der Waals surface area contributed by atoms with Gasteiger partial charge in [0.25, 0.3) is 0 Å². The fourth-order valence-electron chi connectivity index (χ4n) is 3.61. The summed E-state index contributed by atoms with van der Waals surface area (Å²) in [6, 6.07) is 8.61. The number of nitrogens with zero attached hydrogens (tertiary/aromatic N) is 5. The molecule has 0 atom stereocenters. The van der Waals surface area contributed by atoms with Crippen LogP contribution >= 0.6 is 11.6 Å². The van der Waals surface area contributed by atoms with E-state index in [2.05, 4.69) is 56.3 Å². The zero-order chi connectivity index (χ0) is 20.5. The second-order valence-electron chi connectivity index (χ2n) is 7.38. The van der Waals surface area contributed by atoms with Gasteiger partial charge >= 0.3 is 0 Å². The smallest absolute Gasteiger partial charge is 0.191 e. The van der Waals surface area contributed by atoms with Crippen LogP contribution in [0.3, 0.4) is 0 Å². The summed E-state index contributed by atoms with van der Waals surface area (Å²) in [5.41, 5.74) is 1.32. The standard InChI is InChI=1S/C21H32ClN7/c1-3-20-27-25-16-29(20)14-11-24-21(23-4-2)26-19-9-12-28(13-10-19)15-17-5-7-18(22)8-6-17/h5-8,16,19H,3-4,9-15H2,1-2H3,(H2,23,24,26). The van der Waals surface area contributed by atoms with Crippen LogP contribution in [0, 0.1) is 0 Å². The van der Waals surface area contributed by atoms with Gasteiger partial charge in [-0.05, 0) is 37.5 Å². The van der Waals surface area contributed by atoms with E-state index in [0.29, 0.717) is 12.6 Å². The maximum absolute atomic E-state index is 5.98. The quantitative estimate of drug-likeness (QED) is 0.510. The minimum Gasteiger partial charge on any atom is -0.357 e. The number of hydrogen-bond donors (Lipinski definition) is 2. The lowest BCUT2D eigenvalue weighted by molar-refractivity contribution is 0.198. The highest BCUT2D eigenvalue weighted by Crippen LogP contribution is 2.16. The highest BCUT2D eigenvalue weighted by atomic mass is 35.5. The molecule has 0 bridgehead atoms. The van der Waals surface area contributed by atoms with E-state index in [0.717, 1.165) is 68.8 Å². The highest BCUT2D eigenvalue weighted by Gasteiger charge is 2.20. The molecule has 2 N–H and O–H groups in total. The molecule has 1 aromatic carbocycles. The number of rotatable bonds is 8. The normalized spacial score (nSPS) is 16.2. The Morgan fingerprint density at radius 1 is 1.21 bits per heavy atom. The lowest BCUT2D eigenvalue weighted by atomic mass is 10.0. The molecule has 0 spiro atoms. The van der Waals surface area contributed by atoms with Gasteiger partial charge < -0.3 is 15.2 Å². The van der Waals surface area contributed by atoms with Crippen molar-refractivity contribution in [2.24, 2.45) is 4.99 Å². The summed E-state index contributed by atoms with van der Waals surface area (Å²) in [7, 11) is 0. The number of piperidine rings is 1. The van der Waals surface area contributed by atoms with Crippen LogP contribution in [0.15, 0.2) is 35.6 Å². The lowest BCUT2D eigenvalue weighted by Gasteiger charge is -2.33. The molecule has 1 aliphatic heterocycles. The number of hydrogen-bond acceptors (Lipinski definition) is 4. The van der Waals surface area contributed by atoms with Crippen molar-refractivity contribution in [1.29, 1.82) is 0 Å². The molecular weight excluding hydrogens is 386 g/mol. The number of guanidine groups is 1. The number of aromatic nitrogens is 3. The largest absolute Gasteiger partial charge is 0.357 e. The number of benzene rings is 1. The third kappa shape index (κ3) is 6.72. The summed E-state index contributed by atoms with van der Waals surface area (Å²) in [5, 5.41) is 15.9. The molecule has 2 heterocycles. The molecule has 0 amide bonds. The first kappa shape index (κ1) is 21.6. The fraction of sp³-hybridized carbons (Fsp3) is 0.571. The van der Waals surface area contributed by atoms with Crippen LogP contribution in [-0.4, -0.2) is 57.8 Å². The second kappa shape index (κ2) is 11.2. The summed E-state index contributed by atoms with van der Waals surface area (Å²) in [5.74, 6) is 1.90. The van der Waals surface area contributed by atoms with Crippen LogP contribution in [0.5, 0.6) is 0 Å². The Bertz CT molecular complexity index is 764. The van der Waals surface area contributed by atoms with Gasteiger partial charge in [0.1, 0.15) is 12.2 Å². The maximum Gasteiger partial charge on any atom is 0.191 e. The molecule has 8 heteroatoms. The zero-order valence-electron chi connectivity index (χ0n) is 17.4. The first-order chi connectivity index (χ1) is 14.2. The second-order valence-corrected chi connectivity index (χ2v) is 7.81. The average molecular weight is 418 g/mol. The molecule has 0 aliphatic carbocycles. The average Bonchev–Trinajstić information content (AvgIpc) is 3.19. The lowest BCUT2D eigenvalue weighted by Crippen LogP contribution is -2.48. The molecule has 3 rings (SSSR count). The van der Waals surface area contributed by atoms with Crippen LogP contribution in [0.4, 0.5) is 0 Å². The van der Waals surface area contributed by atoms with Crippen molar-refractivity contribution in [3.05, 3.63) is 47.0 Å². The number of halogens is 1. The third-order valence-corrected chi connectivity index (χ3v) is 5.47. The molecule has 2 aromatic rings. The summed E-state index contributed by atoms with van der Waals surface area (Å²) in [6.07, 6.45) is 4.90. The van der Waals surface area contributed by atoms with E-state index in [1.807, 2.05) is 12.1 Å². The SMILES string of the molecule is CCNC(=NCCn1cnnc1CC)NC1CCN(Cc2ccc(Cl)cc2)CC1. The van der Waals surface area contributed by atoms with E-state index >= 15 is 0 Å². The summed E-state index contributed by atoms with van der Waals surface area (Å²) in [6.45, 7) is 9.70. The minimum atomic E-state index is 0.454. The van der Waals surface area contributed by atoms with Gasteiger partial charge in [-0.25, -0.2) is 0 Å². The Kier molecular flexibility index (Phi) is 8.31. The van der Waals surface area contributed by atoms with Gasteiger partial charge in [0.15, 0.2) is 5.96 Å². The molecule has 0 unspecified atom stereocenters. The van der Waals surface area contributed by atoms with Crippen LogP contribution in [0.25, 0.3) is 0 Å².